The molecule has 0 bridgehead atoms. The fourth-order valence-corrected chi connectivity index (χ4v) is 2.57. The standard InChI is InChI=1S/C11H10Cl2N2S/c1-2-9-15-10(11(14)16-9)7-5-6(12)3-4-8(7)13/h3-5H,2,14H2,1H3. The molecule has 1 aromatic heterocycles. The van der Waals surface area contributed by atoms with Crippen molar-refractivity contribution in [1.29, 1.82) is 0 Å². The van der Waals surface area contributed by atoms with Crippen molar-refractivity contribution in [1.82, 2.24) is 4.98 Å². The van der Waals surface area contributed by atoms with Crippen LogP contribution in [0.3, 0.4) is 0 Å². The lowest BCUT2D eigenvalue weighted by atomic mass is 10.1. The third-order valence-corrected chi connectivity index (χ3v) is 3.78. The van der Waals surface area contributed by atoms with Gasteiger partial charge in [0.05, 0.1) is 10.0 Å². The molecule has 2 aromatic rings. The third kappa shape index (κ3) is 2.17. The van der Waals surface area contributed by atoms with Gasteiger partial charge in [-0.25, -0.2) is 4.98 Å². The predicted molar refractivity (Wildman–Crippen MR) is 71.4 cm³/mol. The summed E-state index contributed by atoms with van der Waals surface area (Å²) in [7, 11) is 0. The number of aromatic nitrogens is 1. The van der Waals surface area contributed by atoms with Crippen LogP contribution in [0.25, 0.3) is 11.3 Å². The van der Waals surface area contributed by atoms with Crippen LogP contribution in [0.1, 0.15) is 11.9 Å². The second-order valence-corrected chi connectivity index (χ2v) is 5.26. The summed E-state index contributed by atoms with van der Waals surface area (Å²) in [5, 5.41) is 2.93. The molecule has 0 spiro atoms. The molecule has 0 aliphatic carbocycles. The second kappa shape index (κ2) is 4.62. The Kier molecular flexibility index (Phi) is 3.38. The Morgan fingerprint density at radius 1 is 1.38 bits per heavy atom. The van der Waals surface area contributed by atoms with E-state index in [-0.39, 0.29) is 0 Å². The number of benzene rings is 1. The molecule has 1 heterocycles. The van der Waals surface area contributed by atoms with Crippen LogP contribution in [0.4, 0.5) is 5.00 Å². The van der Waals surface area contributed by atoms with Crippen LogP contribution in [0, 0.1) is 0 Å². The van der Waals surface area contributed by atoms with Crippen molar-refractivity contribution >= 4 is 39.5 Å². The minimum absolute atomic E-state index is 0.615. The second-order valence-electron chi connectivity index (χ2n) is 3.30. The number of hydrogen-bond acceptors (Lipinski definition) is 3. The summed E-state index contributed by atoms with van der Waals surface area (Å²) in [6.07, 6.45) is 0.868. The van der Waals surface area contributed by atoms with Gasteiger partial charge in [-0.15, -0.1) is 11.3 Å². The summed E-state index contributed by atoms with van der Waals surface area (Å²) in [6.45, 7) is 2.04. The van der Waals surface area contributed by atoms with Crippen molar-refractivity contribution < 1.29 is 0 Å². The lowest BCUT2D eigenvalue weighted by Gasteiger charge is -2.02. The smallest absolute Gasteiger partial charge is 0.114 e. The summed E-state index contributed by atoms with van der Waals surface area (Å²) >= 11 is 13.5. The van der Waals surface area contributed by atoms with E-state index in [1.807, 2.05) is 6.92 Å². The Balaban J connectivity index is 2.57. The van der Waals surface area contributed by atoms with Gasteiger partial charge < -0.3 is 5.73 Å². The molecule has 0 radical (unpaired) electrons. The third-order valence-electron chi connectivity index (χ3n) is 2.18. The van der Waals surface area contributed by atoms with Gasteiger partial charge in [0.2, 0.25) is 0 Å². The summed E-state index contributed by atoms with van der Waals surface area (Å²) in [5.41, 5.74) is 7.45. The van der Waals surface area contributed by atoms with Crippen LogP contribution in [0.5, 0.6) is 0 Å². The molecular weight excluding hydrogens is 263 g/mol. The first-order valence-corrected chi connectivity index (χ1v) is 6.39. The number of nitrogens with zero attached hydrogens (tertiary/aromatic N) is 1. The molecule has 0 saturated heterocycles. The summed E-state index contributed by atoms with van der Waals surface area (Å²) in [6, 6.07) is 5.29. The molecule has 0 amide bonds. The molecule has 1 aromatic carbocycles. The van der Waals surface area contributed by atoms with Crippen LogP contribution >= 0.6 is 34.5 Å². The lowest BCUT2D eigenvalue weighted by molar-refractivity contribution is 1.10. The van der Waals surface area contributed by atoms with E-state index in [2.05, 4.69) is 4.98 Å². The highest BCUT2D eigenvalue weighted by atomic mass is 35.5. The number of nitrogen functional groups attached to an aromatic ring is 1. The van der Waals surface area contributed by atoms with E-state index in [9.17, 15) is 0 Å². The van der Waals surface area contributed by atoms with Crippen molar-refractivity contribution in [2.24, 2.45) is 0 Å². The zero-order chi connectivity index (χ0) is 11.7. The topological polar surface area (TPSA) is 38.9 Å². The van der Waals surface area contributed by atoms with Gasteiger partial charge in [0, 0.05) is 10.6 Å². The zero-order valence-corrected chi connectivity index (χ0v) is 11.0. The van der Waals surface area contributed by atoms with Gasteiger partial charge in [0.15, 0.2) is 0 Å². The molecule has 0 aliphatic heterocycles. The van der Waals surface area contributed by atoms with E-state index in [0.29, 0.717) is 15.0 Å². The Morgan fingerprint density at radius 2 is 2.12 bits per heavy atom. The van der Waals surface area contributed by atoms with E-state index in [1.165, 1.54) is 11.3 Å². The number of nitrogens with two attached hydrogens (primary N) is 1. The summed E-state index contributed by atoms with van der Waals surface area (Å²) in [4.78, 5) is 4.45. The molecule has 16 heavy (non-hydrogen) atoms. The van der Waals surface area contributed by atoms with Crippen LogP contribution in [0.15, 0.2) is 18.2 Å². The average Bonchev–Trinajstić information content (AvgIpc) is 2.63. The Labute approximate surface area is 108 Å². The first-order valence-electron chi connectivity index (χ1n) is 4.82. The number of hydrogen-bond donors (Lipinski definition) is 1. The van der Waals surface area contributed by atoms with E-state index in [4.69, 9.17) is 28.9 Å². The van der Waals surface area contributed by atoms with E-state index in [0.717, 1.165) is 22.7 Å². The molecule has 0 fully saturated rings. The molecule has 2 N–H and O–H groups in total. The number of anilines is 1. The van der Waals surface area contributed by atoms with Gasteiger partial charge >= 0.3 is 0 Å². The van der Waals surface area contributed by atoms with Gasteiger partial charge in [-0.2, -0.15) is 0 Å². The van der Waals surface area contributed by atoms with Crippen LogP contribution in [-0.4, -0.2) is 4.98 Å². The highest BCUT2D eigenvalue weighted by Gasteiger charge is 2.13. The fourth-order valence-electron chi connectivity index (χ4n) is 1.40. The minimum Gasteiger partial charge on any atom is -0.389 e. The minimum atomic E-state index is 0.615. The van der Waals surface area contributed by atoms with Gasteiger partial charge in [-0.05, 0) is 24.6 Å². The molecule has 5 heteroatoms. The quantitative estimate of drug-likeness (QED) is 0.887. The molecule has 0 saturated carbocycles. The summed E-state index contributed by atoms with van der Waals surface area (Å²) in [5.74, 6) is 0. The fraction of sp³-hybridized carbons (Fsp3) is 0.182. The normalized spacial score (nSPS) is 10.7. The van der Waals surface area contributed by atoms with E-state index >= 15 is 0 Å². The van der Waals surface area contributed by atoms with E-state index < -0.39 is 0 Å². The highest BCUT2D eigenvalue weighted by Crippen LogP contribution is 2.36. The maximum Gasteiger partial charge on any atom is 0.114 e. The highest BCUT2D eigenvalue weighted by molar-refractivity contribution is 7.16. The molecule has 0 aliphatic rings. The maximum atomic E-state index is 6.11. The Morgan fingerprint density at radius 3 is 2.75 bits per heavy atom. The average molecular weight is 273 g/mol. The Hall–Kier alpha value is -0.770. The number of rotatable bonds is 2. The van der Waals surface area contributed by atoms with E-state index in [1.54, 1.807) is 18.2 Å². The number of aryl methyl sites for hydroxylation is 1. The van der Waals surface area contributed by atoms with Crippen LogP contribution < -0.4 is 5.73 Å². The van der Waals surface area contributed by atoms with Crippen molar-refractivity contribution in [3.8, 4) is 11.3 Å². The van der Waals surface area contributed by atoms with Crippen LogP contribution in [0.2, 0.25) is 10.0 Å². The SMILES string of the molecule is CCc1nc(-c2cc(Cl)ccc2Cl)c(N)s1. The van der Waals surface area contributed by atoms with Crippen molar-refractivity contribution in [3.63, 3.8) is 0 Å². The molecule has 2 nitrogen and oxygen atoms in total. The lowest BCUT2D eigenvalue weighted by Crippen LogP contribution is -1.87. The van der Waals surface area contributed by atoms with Crippen molar-refractivity contribution in [2.75, 3.05) is 5.73 Å². The maximum absolute atomic E-state index is 6.11. The molecule has 0 atom stereocenters. The molecule has 0 unspecified atom stereocenters. The van der Waals surface area contributed by atoms with Gasteiger partial charge in [-0.3, -0.25) is 0 Å². The molecule has 2 rings (SSSR count). The van der Waals surface area contributed by atoms with Crippen LogP contribution in [-0.2, 0) is 6.42 Å². The molecular formula is C11H10Cl2N2S. The first-order chi connectivity index (χ1) is 7.61. The van der Waals surface area contributed by atoms with Gasteiger partial charge in [0.25, 0.3) is 0 Å². The summed E-state index contributed by atoms with van der Waals surface area (Å²) < 4.78 is 0. The first kappa shape index (κ1) is 11.7. The van der Waals surface area contributed by atoms with Gasteiger partial charge in [0.1, 0.15) is 10.7 Å². The van der Waals surface area contributed by atoms with Gasteiger partial charge in [-0.1, -0.05) is 30.1 Å². The number of halogens is 2. The largest absolute Gasteiger partial charge is 0.389 e. The monoisotopic (exact) mass is 272 g/mol. The molecule has 84 valence electrons. The van der Waals surface area contributed by atoms with Crippen molar-refractivity contribution in [2.45, 2.75) is 13.3 Å². The Bertz CT molecular complexity index is 523. The zero-order valence-electron chi connectivity index (χ0n) is 8.63. The number of thiazole rings is 1. The predicted octanol–water partition coefficient (Wildman–Crippen LogP) is 4.26. The van der Waals surface area contributed by atoms with Crippen molar-refractivity contribution in [3.05, 3.63) is 33.3 Å².